The zero-order chi connectivity index (χ0) is 17.8. The number of hydrogen-bond donors (Lipinski definition) is 1. The van der Waals surface area contributed by atoms with Gasteiger partial charge in [-0.05, 0) is 36.4 Å². The minimum atomic E-state index is -0.158. The van der Waals surface area contributed by atoms with Gasteiger partial charge in [-0.3, -0.25) is 4.79 Å². The van der Waals surface area contributed by atoms with Crippen LogP contribution in [0.5, 0.6) is 0 Å². The molecule has 0 unspecified atom stereocenters. The van der Waals surface area contributed by atoms with Gasteiger partial charge in [-0.25, -0.2) is 0 Å². The summed E-state index contributed by atoms with van der Waals surface area (Å²) in [5, 5.41) is 12.9. The molecule has 0 atom stereocenters. The van der Waals surface area contributed by atoms with Crippen molar-refractivity contribution in [3.63, 3.8) is 0 Å². The summed E-state index contributed by atoms with van der Waals surface area (Å²) in [6.07, 6.45) is 0. The van der Waals surface area contributed by atoms with Gasteiger partial charge in [0.15, 0.2) is 11.0 Å². The Morgan fingerprint density at radius 1 is 1.12 bits per heavy atom. The minimum Gasteiger partial charge on any atom is -0.324 e. The predicted molar refractivity (Wildman–Crippen MR) is 102 cm³/mol. The van der Waals surface area contributed by atoms with Crippen LogP contribution in [-0.2, 0) is 11.8 Å². The van der Waals surface area contributed by atoms with Crippen molar-refractivity contribution in [3.05, 3.63) is 58.6 Å². The zero-order valence-electron chi connectivity index (χ0n) is 13.2. The molecule has 3 aromatic rings. The highest BCUT2D eigenvalue weighted by atomic mass is 35.5. The summed E-state index contributed by atoms with van der Waals surface area (Å²) in [7, 11) is 1.86. The Morgan fingerprint density at radius 3 is 2.56 bits per heavy atom. The van der Waals surface area contributed by atoms with E-state index >= 15 is 0 Å². The van der Waals surface area contributed by atoms with Gasteiger partial charge in [-0.15, -0.1) is 10.2 Å². The molecule has 1 N–H and O–H groups in total. The molecule has 3 rings (SSSR count). The molecule has 5 nitrogen and oxygen atoms in total. The number of carbonyl (C=O) groups excluding carboxylic acids is 1. The van der Waals surface area contributed by atoms with E-state index in [2.05, 4.69) is 15.5 Å². The van der Waals surface area contributed by atoms with Crippen molar-refractivity contribution >= 4 is 46.6 Å². The first-order chi connectivity index (χ1) is 12.0. The lowest BCUT2D eigenvalue weighted by Gasteiger charge is -2.07. The predicted octanol–water partition coefficient (Wildman–Crippen LogP) is 4.52. The summed E-state index contributed by atoms with van der Waals surface area (Å²) in [5.74, 6) is 0.762. The van der Waals surface area contributed by atoms with Crippen molar-refractivity contribution in [1.82, 2.24) is 14.8 Å². The number of halogens is 2. The number of thioether (sulfide) groups is 1. The Bertz CT molecular complexity index is 896. The molecule has 1 aromatic heterocycles. The monoisotopic (exact) mass is 392 g/mol. The van der Waals surface area contributed by atoms with Crippen molar-refractivity contribution in [3.8, 4) is 11.4 Å². The summed E-state index contributed by atoms with van der Waals surface area (Å²) in [6.45, 7) is 0. The van der Waals surface area contributed by atoms with Crippen LogP contribution in [0.1, 0.15) is 0 Å². The quantitative estimate of drug-likeness (QED) is 0.648. The molecular formula is C17H14Cl2N4OS. The van der Waals surface area contributed by atoms with Crippen molar-refractivity contribution < 1.29 is 4.79 Å². The third kappa shape index (κ3) is 4.34. The fraction of sp³-hybridized carbons (Fsp3) is 0.118. The van der Waals surface area contributed by atoms with Gasteiger partial charge in [0.05, 0.1) is 16.5 Å². The number of nitrogens with zero attached hydrogens (tertiary/aromatic N) is 3. The van der Waals surface area contributed by atoms with Gasteiger partial charge in [-0.1, -0.05) is 47.1 Å². The topological polar surface area (TPSA) is 59.8 Å². The molecule has 0 bridgehead atoms. The van der Waals surface area contributed by atoms with Crippen LogP contribution in [-0.4, -0.2) is 26.4 Å². The SMILES string of the molecule is Cn1c(SCC(=O)Nc2ccccc2Cl)nnc1-c1ccc(Cl)cc1. The van der Waals surface area contributed by atoms with Crippen molar-refractivity contribution in [2.45, 2.75) is 5.16 Å². The second-order valence-corrected chi connectivity index (χ2v) is 6.97. The number of para-hydroxylation sites is 1. The average Bonchev–Trinajstić information content (AvgIpc) is 2.97. The number of rotatable bonds is 5. The fourth-order valence-electron chi connectivity index (χ4n) is 2.17. The number of aromatic nitrogens is 3. The van der Waals surface area contributed by atoms with Crippen LogP contribution >= 0.6 is 35.0 Å². The molecule has 0 aliphatic rings. The largest absolute Gasteiger partial charge is 0.324 e. The molecule has 128 valence electrons. The minimum absolute atomic E-state index is 0.158. The first-order valence-corrected chi connectivity index (χ1v) is 9.11. The van der Waals surface area contributed by atoms with E-state index in [1.54, 1.807) is 24.3 Å². The maximum absolute atomic E-state index is 12.1. The van der Waals surface area contributed by atoms with Crippen LogP contribution in [0.3, 0.4) is 0 Å². The molecular weight excluding hydrogens is 379 g/mol. The van der Waals surface area contributed by atoms with E-state index in [9.17, 15) is 4.79 Å². The fourth-order valence-corrected chi connectivity index (χ4v) is 3.19. The van der Waals surface area contributed by atoms with Crippen molar-refractivity contribution in [2.75, 3.05) is 11.1 Å². The number of benzene rings is 2. The van der Waals surface area contributed by atoms with Gasteiger partial charge in [-0.2, -0.15) is 0 Å². The second kappa shape index (κ2) is 7.91. The number of hydrogen-bond acceptors (Lipinski definition) is 4. The molecule has 0 radical (unpaired) electrons. The Balaban J connectivity index is 1.65. The molecule has 2 aromatic carbocycles. The molecule has 0 saturated heterocycles. The normalized spacial score (nSPS) is 10.7. The highest BCUT2D eigenvalue weighted by Gasteiger charge is 2.13. The zero-order valence-corrected chi connectivity index (χ0v) is 15.6. The summed E-state index contributed by atoms with van der Waals surface area (Å²) < 4.78 is 1.84. The highest BCUT2D eigenvalue weighted by molar-refractivity contribution is 7.99. The first-order valence-electron chi connectivity index (χ1n) is 7.37. The van der Waals surface area contributed by atoms with Gasteiger partial charge >= 0.3 is 0 Å². The average molecular weight is 393 g/mol. The van der Waals surface area contributed by atoms with E-state index in [0.717, 1.165) is 5.56 Å². The van der Waals surface area contributed by atoms with Crippen LogP contribution in [0.15, 0.2) is 53.7 Å². The van der Waals surface area contributed by atoms with Crippen LogP contribution < -0.4 is 5.32 Å². The molecule has 1 heterocycles. The van der Waals surface area contributed by atoms with Crippen molar-refractivity contribution in [1.29, 1.82) is 0 Å². The maximum Gasteiger partial charge on any atom is 0.234 e. The number of carbonyl (C=O) groups is 1. The number of nitrogens with one attached hydrogen (secondary N) is 1. The highest BCUT2D eigenvalue weighted by Crippen LogP contribution is 2.25. The summed E-state index contributed by atoms with van der Waals surface area (Å²) in [5.41, 5.74) is 1.50. The summed E-state index contributed by atoms with van der Waals surface area (Å²) >= 11 is 13.2. The molecule has 0 aliphatic carbocycles. The van der Waals surface area contributed by atoms with E-state index in [0.29, 0.717) is 26.7 Å². The van der Waals surface area contributed by atoms with Gasteiger partial charge in [0.2, 0.25) is 5.91 Å². The summed E-state index contributed by atoms with van der Waals surface area (Å²) in [6, 6.07) is 14.5. The smallest absolute Gasteiger partial charge is 0.234 e. The second-order valence-electron chi connectivity index (χ2n) is 5.19. The molecule has 8 heteroatoms. The molecule has 0 saturated carbocycles. The Morgan fingerprint density at radius 2 is 1.84 bits per heavy atom. The number of amides is 1. The Kier molecular flexibility index (Phi) is 5.63. The Hall–Kier alpha value is -2.02. The van der Waals surface area contributed by atoms with Gasteiger partial charge in [0.1, 0.15) is 0 Å². The van der Waals surface area contributed by atoms with E-state index in [1.807, 2.05) is 35.9 Å². The van der Waals surface area contributed by atoms with Crippen LogP contribution in [0, 0.1) is 0 Å². The van der Waals surface area contributed by atoms with E-state index in [4.69, 9.17) is 23.2 Å². The summed E-state index contributed by atoms with van der Waals surface area (Å²) in [4.78, 5) is 12.1. The first kappa shape index (κ1) is 17.8. The van der Waals surface area contributed by atoms with E-state index in [-0.39, 0.29) is 11.7 Å². The van der Waals surface area contributed by atoms with Gasteiger partial charge < -0.3 is 9.88 Å². The number of anilines is 1. The molecule has 0 aliphatic heterocycles. The maximum atomic E-state index is 12.1. The lowest BCUT2D eigenvalue weighted by molar-refractivity contribution is -0.113. The van der Waals surface area contributed by atoms with E-state index in [1.165, 1.54) is 11.8 Å². The molecule has 0 spiro atoms. The lowest BCUT2D eigenvalue weighted by atomic mass is 10.2. The third-order valence-corrected chi connectivity index (χ3v) is 5.02. The third-order valence-electron chi connectivity index (χ3n) is 3.42. The Labute approximate surface area is 159 Å². The van der Waals surface area contributed by atoms with Crippen molar-refractivity contribution in [2.24, 2.45) is 7.05 Å². The van der Waals surface area contributed by atoms with Gasteiger partial charge in [0.25, 0.3) is 0 Å². The molecule has 0 fully saturated rings. The van der Waals surface area contributed by atoms with Crippen LogP contribution in [0.2, 0.25) is 10.0 Å². The van der Waals surface area contributed by atoms with Crippen LogP contribution in [0.25, 0.3) is 11.4 Å². The van der Waals surface area contributed by atoms with Crippen LogP contribution in [0.4, 0.5) is 5.69 Å². The van der Waals surface area contributed by atoms with Gasteiger partial charge in [0, 0.05) is 17.6 Å². The molecule has 25 heavy (non-hydrogen) atoms. The standard InChI is InChI=1S/C17H14Cl2N4OS/c1-23-16(11-6-8-12(18)9-7-11)21-22-17(23)25-10-15(24)20-14-5-3-2-4-13(14)19/h2-9H,10H2,1H3,(H,20,24). The van der Waals surface area contributed by atoms with E-state index < -0.39 is 0 Å². The molecule has 1 amide bonds. The lowest BCUT2D eigenvalue weighted by Crippen LogP contribution is -2.14.